The standard InChI is InChI=1S/C18H24N2O/c1-6-8-11-19-15(5)16-10-9-13(3)12-17(16)18(21)20-14(4)7-2/h6,8-12,14H,1,7H2,2-5H3,(H,20,21)/b11-8-,19-15+/t14-/m0/s1. The number of nitrogens with zero attached hydrogens (tertiary/aromatic N) is 1. The maximum Gasteiger partial charge on any atom is 0.252 e. The highest BCUT2D eigenvalue weighted by atomic mass is 16.1. The van der Waals surface area contributed by atoms with E-state index in [2.05, 4.69) is 23.8 Å². The normalized spacial score (nSPS) is 13.2. The maximum atomic E-state index is 12.4. The number of aliphatic imine (C=N–C) groups is 1. The summed E-state index contributed by atoms with van der Waals surface area (Å²) >= 11 is 0. The minimum absolute atomic E-state index is 0.0506. The van der Waals surface area contributed by atoms with Crippen molar-refractivity contribution in [3.63, 3.8) is 0 Å². The van der Waals surface area contributed by atoms with E-state index in [0.29, 0.717) is 5.56 Å². The van der Waals surface area contributed by atoms with Crippen LogP contribution in [0.3, 0.4) is 0 Å². The highest BCUT2D eigenvalue weighted by Gasteiger charge is 2.14. The average molecular weight is 284 g/mol. The lowest BCUT2D eigenvalue weighted by molar-refractivity contribution is 0.0939. The van der Waals surface area contributed by atoms with Gasteiger partial charge in [0.15, 0.2) is 0 Å². The number of carbonyl (C=O) groups excluding carboxylic acids is 1. The molecule has 0 saturated heterocycles. The number of rotatable bonds is 6. The molecule has 1 N–H and O–H groups in total. The highest BCUT2D eigenvalue weighted by Crippen LogP contribution is 2.14. The van der Waals surface area contributed by atoms with E-state index in [4.69, 9.17) is 0 Å². The van der Waals surface area contributed by atoms with Crippen LogP contribution in [0.25, 0.3) is 0 Å². The van der Waals surface area contributed by atoms with Crippen molar-refractivity contribution in [2.24, 2.45) is 4.99 Å². The van der Waals surface area contributed by atoms with Crippen LogP contribution in [0.5, 0.6) is 0 Å². The number of benzene rings is 1. The zero-order valence-corrected chi connectivity index (χ0v) is 13.3. The lowest BCUT2D eigenvalue weighted by Gasteiger charge is -2.14. The third kappa shape index (κ3) is 5.03. The van der Waals surface area contributed by atoms with Crippen molar-refractivity contribution in [2.45, 2.75) is 40.2 Å². The average Bonchev–Trinajstić information content (AvgIpc) is 2.47. The number of carbonyl (C=O) groups is 1. The van der Waals surface area contributed by atoms with E-state index in [9.17, 15) is 4.79 Å². The molecular weight excluding hydrogens is 260 g/mol. The molecule has 0 heterocycles. The van der Waals surface area contributed by atoms with E-state index in [-0.39, 0.29) is 11.9 Å². The molecule has 0 aliphatic carbocycles. The number of amides is 1. The Labute approximate surface area is 127 Å². The Bertz CT molecular complexity index is 571. The summed E-state index contributed by atoms with van der Waals surface area (Å²) in [4.78, 5) is 16.8. The Morgan fingerprint density at radius 1 is 1.43 bits per heavy atom. The summed E-state index contributed by atoms with van der Waals surface area (Å²) in [5.74, 6) is -0.0506. The Morgan fingerprint density at radius 3 is 2.76 bits per heavy atom. The first-order chi connectivity index (χ1) is 9.99. The summed E-state index contributed by atoms with van der Waals surface area (Å²) in [6.45, 7) is 11.5. The molecule has 0 unspecified atom stereocenters. The summed E-state index contributed by atoms with van der Waals surface area (Å²) < 4.78 is 0. The molecule has 112 valence electrons. The molecule has 1 aromatic carbocycles. The summed E-state index contributed by atoms with van der Waals surface area (Å²) in [5, 5.41) is 3.01. The van der Waals surface area contributed by atoms with Gasteiger partial charge < -0.3 is 5.32 Å². The van der Waals surface area contributed by atoms with Crippen molar-refractivity contribution < 1.29 is 4.79 Å². The minimum atomic E-state index is -0.0506. The van der Waals surface area contributed by atoms with Gasteiger partial charge in [0.1, 0.15) is 0 Å². The van der Waals surface area contributed by atoms with E-state index in [1.807, 2.05) is 39.0 Å². The molecule has 0 aromatic heterocycles. The Morgan fingerprint density at radius 2 is 2.14 bits per heavy atom. The molecule has 1 rings (SSSR count). The molecule has 0 radical (unpaired) electrons. The summed E-state index contributed by atoms with van der Waals surface area (Å²) in [5.41, 5.74) is 3.39. The third-order valence-electron chi connectivity index (χ3n) is 3.29. The van der Waals surface area contributed by atoms with Gasteiger partial charge in [-0.2, -0.15) is 0 Å². The molecule has 0 bridgehead atoms. The molecule has 1 aromatic rings. The van der Waals surface area contributed by atoms with Crippen LogP contribution in [-0.2, 0) is 0 Å². The van der Waals surface area contributed by atoms with Gasteiger partial charge in [0.2, 0.25) is 0 Å². The molecule has 1 atom stereocenters. The molecule has 3 heteroatoms. The van der Waals surface area contributed by atoms with Gasteiger partial charge in [-0.3, -0.25) is 9.79 Å². The van der Waals surface area contributed by atoms with Gasteiger partial charge in [-0.05, 0) is 39.3 Å². The minimum Gasteiger partial charge on any atom is -0.350 e. The summed E-state index contributed by atoms with van der Waals surface area (Å²) in [6.07, 6.45) is 6.01. The largest absolute Gasteiger partial charge is 0.350 e. The van der Waals surface area contributed by atoms with Crippen molar-refractivity contribution in [1.29, 1.82) is 0 Å². The number of allylic oxidation sites excluding steroid dienone is 2. The van der Waals surface area contributed by atoms with Crippen LogP contribution in [0, 0.1) is 6.92 Å². The van der Waals surface area contributed by atoms with Crippen molar-refractivity contribution in [3.05, 3.63) is 59.8 Å². The van der Waals surface area contributed by atoms with Gasteiger partial charge in [0.25, 0.3) is 5.91 Å². The van der Waals surface area contributed by atoms with Gasteiger partial charge in [-0.1, -0.05) is 37.3 Å². The van der Waals surface area contributed by atoms with Gasteiger partial charge in [0.05, 0.1) is 0 Å². The molecule has 0 saturated carbocycles. The van der Waals surface area contributed by atoms with Crippen LogP contribution in [0.4, 0.5) is 0 Å². The molecule has 1 amide bonds. The molecule has 21 heavy (non-hydrogen) atoms. The molecule has 0 spiro atoms. The molecule has 3 nitrogen and oxygen atoms in total. The predicted octanol–water partition coefficient (Wildman–Crippen LogP) is 4.03. The van der Waals surface area contributed by atoms with E-state index < -0.39 is 0 Å². The van der Waals surface area contributed by atoms with Gasteiger partial charge >= 0.3 is 0 Å². The smallest absolute Gasteiger partial charge is 0.252 e. The number of hydrogen-bond donors (Lipinski definition) is 1. The molecular formula is C18H24N2O. The quantitative estimate of drug-likeness (QED) is 0.622. The van der Waals surface area contributed by atoms with E-state index in [1.54, 1.807) is 18.4 Å². The molecule has 0 aliphatic rings. The highest BCUT2D eigenvalue weighted by molar-refractivity contribution is 6.09. The van der Waals surface area contributed by atoms with Gasteiger partial charge in [0, 0.05) is 29.1 Å². The van der Waals surface area contributed by atoms with Crippen LogP contribution >= 0.6 is 0 Å². The zero-order chi connectivity index (χ0) is 15.8. The summed E-state index contributed by atoms with van der Waals surface area (Å²) in [7, 11) is 0. The molecule has 0 aliphatic heterocycles. The van der Waals surface area contributed by atoms with Crippen molar-refractivity contribution in [3.8, 4) is 0 Å². The van der Waals surface area contributed by atoms with Crippen LogP contribution in [0.1, 0.15) is 48.7 Å². The van der Waals surface area contributed by atoms with Crippen LogP contribution in [0.15, 0.2) is 48.1 Å². The summed E-state index contributed by atoms with van der Waals surface area (Å²) in [6, 6.07) is 6.00. The second-order valence-electron chi connectivity index (χ2n) is 5.12. The van der Waals surface area contributed by atoms with Crippen molar-refractivity contribution in [2.75, 3.05) is 0 Å². The van der Waals surface area contributed by atoms with Gasteiger partial charge in [-0.25, -0.2) is 0 Å². The van der Waals surface area contributed by atoms with Crippen molar-refractivity contribution in [1.82, 2.24) is 5.32 Å². The van der Waals surface area contributed by atoms with E-state index in [0.717, 1.165) is 23.3 Å². The van der Waals surface area contributed by atoms with E-state index >= 15 is 0 Å². The maximum absolute atomic E-state index is 12.4. The second kappa shape index (κ2) is 8.20. The number of hydrogen-bond acceptors (Lipinski definition) is 2. The fraction of sp³-hybridized carbons (Fsp3) is 0.333. The first kappa shape index (κ1) is 16.9. The fourth-order valence-corrected chi connectivity index (χ4v) is 1.85. The fourth-order valence-electron chi connectivity index (χ4n) is 1.85. The third-order valence-corrected chi connectivity index (χ3v) is 3.29. The topological polar surface area (TPSA) is 41.5 Å². The zero-order valence-electron chi connectivity index (χ0n) is 13.3. The first-order valence-electron chi connectivity index (χ1n) is 7.23. The lowest BCUT2D eigenvalue weighted by Crippen LogP contribution is -2.33. The van der Waals surface area contributed by atoms with Crippen molar-refractivity contribution >= 4 is 11.6 Å². The Kier molecular flexibility index (Phi) is 6.60. The Hall–Kier alpha value is -2.16. The van der Waals surface area contributed by atoms with Gasteiger partial charge in [-0.15, -0.1) is 0 Å². The van der Waals surface area contributed by atoms with Crippen LogP contribution < -0.4 is 5.32 Å². The number of nitrogens with one attached hydrogen (secondary N) is 1. The van der Waals surface area contributed by atoms with E-state index in [1.165, 1.54) is 0 Å². The van der Waals surface area contributed by atoms with Crippen LogP contribution in [-0.4, -0.2) is 17.7 Å². The lowest BCUT2D eigenvalue weighted by atomic mass is 10.00. The monoisotopic (exact) mass is 284 g/mol. The molecule has 0 fully saturated rings. The first-order valence-corrected chi connectivity index (χ1v) is 7.23. The second-order valence-corrected chi connectivity index (χ2v) is 5.12. The SMILES string of the molecule is C=C/C=C\N=C(/C)c1ccc(C)cc1C(=O)N[C@@H](C)CC. The number of aryl methyl sites for hydroxylation is 1. The predicted molar refractivity (Wildman–Crippen MR) is 89.9 cm³/mol. The van der Waals surface area contributed by atoms with Crippen LogP contribution in [0.2, 0.25) is 0 Å². The Balaban J connectivity index is 3.16.